The van der Waals surface area contributed by atoms with Crippen LogP contribution in [-0.2, 0) is 14.3 Å². The second kappa shape index (κ2) is 6.62. The molecule has 4 heteroatoms. The van der Waals surface area contributed by atoms with Gasteiger partial charge in [-0.25, -0.2) is 0 Å². The zero-order valence-corrected chi connectivity index (χ0v) is 11.1. The van der Waals surface area contributed by atoms with Gasteiger partial charge in [-0.05, 0) is 32.6 Å². The van der Waals surface area contributed by atoms with E-state index in [2.05, 4.69) is 6.92 Å². The Hall–Kier alpha value is -1.06. The number of likely N-dealkylation sites (tertiary alicyclic amines) is 1. The Bertz CT molecular complexity index is 278. The second-order valence-corrected chi connectivity index (χ2v) is 4.75. The quantitative estimate of drug-likeness (QED) is 0.691. The molecule has 1 amide bonds. The molecule has 1 saturated heterocycles. The largest absolute Gasteiger partial charge is 0.469 e. The SMILES string of the molecule is CCC(CCC(=O)N1CCCC1C)C(=O)OC. The molecule has 1 heterocycles. The van der Waals surface area contributed by atoms with Crippen LogP contribution in [0.5, 0.6) is 0 Å². The maximum atomic E-state index is 12.0. The first-order valence-corrected chi connectivity index (χ1v) is 6.47. The lowest BCUT2D eigenvalue weighted by Gasteiger charge is -2.22. The average Bonchev–Trinajstić information content (AvgIpc) is 2.75. The van der Waals surface area contributed by atoms with Crippen LogP contribution in [-0.4, -0.2) is 36.5 Å². The van der Waals surface area contributed by atoms with Crippen LogP contribution in [0.1, 0.15) is 46.0 Å². The highest BCUT2D eigenvalue weighted by molar-refractivity contribution is 5.78. The molecule has 1 aliphatic heterocycles. The minimum atomic E-state index is -0.199. The molecule has 4 nitrogen and oxygen atoms in total. The lowest BCUT2D eigenvalue weighted by Crippen LogP contribution is -2.34. The predicted octanol–water partition coefficient (Wildman–Crippen LogP) is 1.98. The van der Waals surface area contributed by atoms with E-state index in [9.17, 15) is 9.59 Å². The zero-order chi connectivity index (χ0) is 12.8. The number of methoxy groups -OCH3 is 1. The van der Waals surface area contributed by atoms with Crippen LogP contribution in [0.3, 0.4) is 0 Å². The van der Waals surface area contributed by atoms with Crippen LogP contribution in [0, 0.1) is 5.92 Å². The van der Waals surface area contributed by atoms with Gasteiger partial charge in [0.15, 0.2) is 0 Å². The molecule has 0 aromatic rings. The van der Waals surface area contributed by atoms with Gasteiger partial charge in [0.2, 0.25) is 5.91 Å². The van der Waals surface area contributed by atoms with Crippen molar-refractivity contribution in [2.24, 2.45) is 5.92 Å². The van der Waals surface area contributed by atoms with Crippen molar-refractivity contribution in [1.82, 2.24) is 4.90 Å². The Morgan fingerprint density at radius 2 is 2.18 bits per heavy atom. The molecule has 17 heavy (non-hydrogen) atoms. The van der Waals surface area contributed by atoms with Crippen molar-refractivity contribution in [3.05, 3.63) is 0 Å². The van der Waals surface area contributed by atoms with Crippen LogP contribution >= 0.6 is 0 Å². The first-order valence-electron chi connectivity index (χ1n) is 6.47. The molecule has 0 aromatic heterocycles. The Kier molecular flexibility index (Phi) is 5.45. The van der Waals surface area contributed by atoms with Gasteiger partial charge in [-0.3, -0.25) is 9.59 Å². The van der Waals surface area contributed by atoms with Gasteiger partial charge in [-0.2, -0.15) is 0 Å². The first-order chi connectivity index (χ1) is 8.10. The van der Waals surface area contributed by atoms with Gasteiger partial charge >= 0.3 is 5.97 Å². The maximum Gasteiger partial charge on any atom is 0.308 e. The molecular formula is C13H23NO3. The van der Waals surface area contributed by atoms with Gasteiger partial charge < -0.3 is 9.64 Å². The van der Waals surface area contributed by atoms with E-state index in [1.807, 2.05) is 11.8 Å². The summed E-state index contributed by atoms with van der Waals surface area (Å²) in [5.41, 5.74) is 0. The molecule has 0 saturated carbocycles. The van der Waals surface area contributed by atoms with Gasteiger partial charge in [0.25, 0.3) is 0 Å². The fourth-order valence-corrected chi connectivity index (χ4v) is 2.40. The minimum absolute atomic E-state index is 0.137. The standard InChI is InChI=1S/C13H23NO3/c1-4-11(13(16)17-3)7-8-12(15)14-9-5-6-10(14)2/h10-11H,4-9H2,1-3H3. The molecule has 2 unspecified atom stereocenters. The van der Waals surface area contributed by atoms with Crippen molar-refractivity contribution in [3.63, 3.8) is 0 Å². The van der Waals surface area contributed by atoms with E-state index in [0.29, 0.717) is 18.9 Å². The van der Waals surface area contributed by atoms with E-state index >= 15 is 0 Å². The van der Waals surface area contributed by atoms with E-state index in [1.54, 1.807) is 0 Å². The number of hydrogen-bond donors (Lipinski definition) is 0. The highest BCUT2D eigenvalue weighted by Gasteiger charge is 2.26. The van der Waals surface area contributed by atoms with Crippen LogP contribution in [0.4, 0.5) is 0 Å². The minimum Gasteiger partial charge on any atom is -0.469 e. The molecule has 0 aliphatic carbocycles. The Balaban J connectivity index is 2.38. The summed E-state index contributed by atoms with van der Waals surface area (Å²) < 4.78 is 4.72. The monoisotopic (exact) mass is 241 g/mol. The molecule has 0 spiro atoms. The number of esters is 1. The number of rotatable bonds is 5. The summed E-state index contributed by atoms with van der Waals surface area (Å²) in [6.07, 6.45) is 3.99. The Labute approximate surface area is 103 Å². The molecular weight excluding hydrogens is 218 g/mol. The van der Waals surface area contributed by atoms with Crippen molar-refractivity contribution < 1.29 is 14.3 Å². The topological polar surface area (TPSA) is 46.6 Å². The van der Waals surface area contributed by atoms with Crippen molar-refractivity contribution in [1.29, 1.82) is 0 Å². The number of ether oxygens (including phenoxy) is 1. The van der Waals surface area contributed by atoms with Crippen LogP contribution in [0.15, 0.2) is 0 Å². The summed E-state index contributed by atoms with van der Waals surface area (Å²) in [6.45, 7) is 4.90. The molecule has 0 N–H and O–H groups in total. The highest BCUT2D eigenvalue weighted by atomic mass is 16.5. The Morgan fingerprint density at radius 3 is 2.65 bits per heavy atom. The number of amides is 1. The van der Waals surface area contributed by atoms with Crippen molar-refractivity contribution in [2.75, 3.05) is 13.7 Å². The van der Waals surface area contributed by atoms with E-state index < -0.39 is 0 Å². The predicted molar refractivity (Wildman–Crippen MR) is 65.4 cm³/mol. The molecule has 1 rings (SSSR count). The summed E-state index contributed by atoms with van der Waals surface area (Å²) in [7, 11) is 1.40. The van der Waals surface area contributed by atoms with E-state index in [4.69, 9.17) is 4.74 Å². The smallest absolute Gasteiger partial charge is 0.308 e. The lowest BCUT2D eigenvalue weighted by molar-refractivity contribution is -0.146. The number of carbonyl (C=O) groups is 2. The van der Waals surface area contributed by atoms with Crippen LogP contribution < -0.4 is 0 Å². The molecule has 1 aliphatic rings. The molecule has 0 radical (unpaired) electrons. The number of hydrogen-bond acceptors (Lipinski definition) is 3. The Morgan fingerprint density at radius 1 is 1.47 bits per heavy atom. The van der Waals surface area contributed by atoms with E-state index in [0.717, 1.165) is 25.8 Å². The fourth-order valence-electron chi connectivity index (χ4n) is 2.40. The van der Waals surface area contributed by atoms with Gasteiger partial charge in [0.05, 0.1) is 13.0 Å². The van der Waals surface area contributed by atoms with E-state index in [1.165, 1.54) is 7.11 Å². The fraction of sp³-hybridized carbons (Fsp3) is 0.846. The van der Waals surface area contributed by atoms with Gasteiger partial charge in [0.1, 0.15) is 0 Å². The summed E-state index contributed by atoms with van der Waals surface area (Å²) in [5.74, 6) is -0.158. The van der Waals surface area contributed by atoms with Crippen molar-refractivity contribution in [2.45, 2.75) is 52.0 Å². The second-order valence-electron chi connectivity index (χ2n) is 4.75. The molecule has 2 atom stereocenters. The molecule has 1 fully saturated rings. The number of carbonyl (C=O) groups excluding carboxylic acids is 2. The van der Waals surface area contributed by atoms with Gasteiger partial charge in [-0.1, -0.05) is 6.92 Å². The summed E-state index contributed by atoms with van der Waals surface area (Å²) >= 11 is 0. The van der Waals surface area contributed by atoms with Gasteiger partial charge in [-0.15, -0.1) is 0 Å². The third-order valence-electron chi connectivity index (χ3n) is 3.61. The summed E-state index contributed by atoms with van der Waals surface area (Å²) in [6, 6.07) is 0.362. The third kappa shape index (κ3) is 3.72. The number of nitrogens with zero attached hydrogens (tertiary/aromatic N) is 1. The maximum absolute atomic E-state index is 12.0. The molecule has 0 bridgehead atoms. The van der Waals surface area contributed by atoms with Crippen molar-refractivity contribution >= 4 is 11.9 Å². The van der Waals surface area contributed by atoms with Gasteiger partial charge in [0, 0.05) is 19.0 Å². The highest BCUT2D eigenvalue weighted by Crippen LogP contribution is 2.20. The lowest BCUT2D eigenvalue weighted by atomic mass is 10.00. The van der Waals surface area contributed by atoms with Crippen molar-refractivity contribution in [3.8, 4) is 0 Å². The third-order valence-corrected chi connectivity index (χ3v) is 3.61. The van der Waals surface area contributed by atoms with Crippen LogP contribution in [0.25, 0.3) is 0 Å². The zero-order valence-electron chi connectivity index (χ0n) is 11.1. The first kappa shape index (κ1) is 14.0. The van der Waals surface area contributed by atoms with Crippen LogP contribution in [0.2, 0.25) is 0 Å². The average molecular weight is 241 g/mol. The molecule has 98 valence electrons. The van der Waals surface area contributed by atoms with E-state index in [-0.39, 0.29) is 17.8 Å². The normalized spacial score (nSPS) is 21.4. The summed E-state index contributed by atoms with van der Waals surface area (Å²) in [5, 5.41) is 0. The molecule has 0 aromatic carbocycles. The summed E-state index contributed by atoms with van der Waals surface area (Å²) in [4.78, 5) is 25.3.